The molecule has 1 amide bonds. The van der Waals surface area contributed by atoms with Gasteiger partial charge >= 0.3 is 0 Å². The average Bonchev–Trinajstić information content (AvgIpc) is 2.83. The molecule has 32 heavy (non-hydrogen) atoms. The van der Waals surface area contributed by atoms with Gasteiger partial charge in [0.05, 0.1) is 30.5 Å². The normalized spacial score (nSPS) is 11.2. The zero-order valence-corrected chi connectivity index (χ0v) is 18.3. The van der Waals surface area contributed by atoms with Crippen molar-refractivity contribution in [3.8, 4) is 5.75 Å². The Balaban J connectivity index is 1.74. The molecule has 0 bridgehead atoms. The first-order valence-electron chi connectivity index (χ1n) is 9.72. The van der Waals surface area contributed by atoms with E-state index in [1.807, 2.05) is 18.2 Å². The van der Waals surface area contributed by atoms with Gasteiger partial charge in [-0.3, -0.25) is 9.10 Å². The summed E-state index contributed by atoms with van der Waals surface area (Å²) in [5.41, 5.74) is 3.99. The number of rotatable bonds is 9. The van der Waals surface area contributed by atoms with Crippen LogP contribution >= 0.6 is 0 Å². The molecule has 3 aromatic rings. The van der Waals surface area contributed by atoms with Crippen LogP contribution < -0.4 is 14.5 Å². The predicted molar refractivity (Wildman–Crippen MR) is 126 cm³/mol. The lowest BCUT2D eigenvalue weighted by atomic mass is 10.2. The van der Waals surface area contributed by atoms with Gasteiger partial charge < -0.3 is 4.74 Å². The van der Waals surface area contributed by atoms with E-state index in [0.29, 0.717) is 17.0 Å². The van der Waals surface area contributed by atoms with Crippen LogP contribution in [0.4, 0.5) is 5.69 Å². The molecule has 0 aliphatic carbocycles. The molecule has 0 spiro atoms. The van der Waals surface area contributed by atoms with Crippen LogP contribution in [0.3, 0.4) is 0 Å². The van der Waals surface area contributed by atoms with Crippen molar-refractivity contribution in [1.82, 2.24) is 5.43 Å². The summed E-state index contributed by atoms with van der Waals surface area (Å²) < 4.78 is 32.5. The van der Waals surface area contributed by atoms with Crippen LogP contribution in [0, 0.1) is 0 Å². The van der Waals surface area contributed by atoms with Crippen LogP contribution in [0.15, 0.2) is 102 Å². The number of sulfonamides is 1. The number of ether oxygens (including phenoxy) is 1. The first kappa shape index (κ1) is 22.8. The van der Waals surface area contributed by atoms with Crippen molar-refractivity contribution in [3.05, 3.63) is 103 Å². The fraction of sp³-hybridized carbons (Fsp3) is 0.0833. The SMILES string of the molecule is C=CCN(c1ccc(C(=O)N/N=C\c2cccc(OC)c2)cc1)S(=O)(=O)c1ccccc1. The highest BCUT2D eigenvalue weighted by Crippen LogP contribution is 2.24. The summed E-state index contributed by atoms with van der Waals surface area (Å²) in [7, 11) is -2.20. The number of hydrogen-bond donors (Lipinski definition) is 1. The molecular weight excluding hydrogens is 426 g/mol. The second-order valence-electron chi connectivity index (χ2n) is 6.66. The lowest BCUT2D eigenvalue weighted by Crippen LogP contribution is -2.31. The molecule has 0 unspecified atom stereocenters. The van der Waals surface area contributed by atoms with Crippen molar-refractivity contribution in [3.63, 3.8) is 0 Å². The third kappa shape index (κ3) is 5.41. The van der Waals surface area contributed by atoms with Crippen LogP contribution in [-0.4, -0.2) is 34.2 Å². The molecular formula is C24H23N3O4S. The molecule has 0 radical (unpaired) electrons. The zero-order chi connectivity index (χ0) is 23.0. The minimum atomic E-state index is -3.77. The van der Waals surface area contributed by atoms with E-state index < -0.39 is 15.9 Å². The van der Waals surface area contributed by atoms with Crippen molar-refractivity contribution in [2.75, 3.05) is 18.0 Å². The molecule has 0 saturated heterocycles. The molecule has 7 nitrogen and oxygen atoms in total. The number of nitrogens with one attached hydrogen (secondary N) is 1. The van der Waals surface area contributed by atoms with E-state index in [9.17, 15) is 13.2 Å². The number of anilines is 1. The molecule has 0 aromatic heterocycles. The Morgan fingerprint density at radius 2 is 1.78 bits per heavy atom. The van der Waals surface area contributed by atoms with Crippen molar-refractivity contribution in [1.29, 1.82) is 0 Å². The van der Waals surface area contributed by atoms with E-state index in [4.69, 9.17) is 4.74 Å². The van der Waals surface area contributed by atoms with Crippen molar-refractivity contribution in [2.45, 2.75) is 4.90 Å². The van der Waals surface area contributed by atoms with Gasteiger partial charge in [0.15, 0.2) is 0 Å². The van der Waals surface area contributed by atoms with Gasteiger partial charge in [-0.05, 0) is 54.1 Å². The zero-order valence-electron chi connectivity index (χ0n) is 17.5. The second-order valence-corrected chi connectivity index (χ2v) is 8.52. The molecule has 3 rings (SSSR count). The monoisotopic (exact) mass is 449 g/mol. The number of amides is 1. The Morgan fingerprint density at radius 3 is 2.44 bits per heavy atom. The number of carbonyl (C=O) groups excluding carboxylic acids is 1. The van der Waals surface area contributed by atoms with Gasteiger partial charge in [-0.1, -0.05) is 36.4 Å². The summed E-state index contributed by atoms with van der Waals surface area (Å²) in [6.45, 7) is 3.75. The van der Waals surface area contributed by atoms with Gasteiger partial charge in [0.1, 0.15) is 5.75 Å². The van der Waals surface area contributed by atoms with Gasteiger partial charge in [-0.15, -0.1) is 6.58 Å². The number of benzene rings is 3. The first-order chi connectivity index (χ1) is 15.5. The molecule has 0 atom stereocenters. The Morgan fingerprint density at radius 1 is 1.06 bits per heavy atom. The molecule has 0 heterocycles. The quantitative estimate of drug-likeness (QED) is 0.305. The third-order valence-electron chi connectivity index (χ3n) is 4.52. The average molecular weight is 450 g/mol. The van der Waals surface area contributed by atoms with E-state index in [-0.39, 0.29) is 11.4 Å². The van der Waals surface area contributed by atoms with Crippen LogP contribution in [0.2, 0.25) is 0 Å². The summed E-state index contributed by atoms with van der Waals surface area (Å²) in [6.07, 6.45) is 3.02. The minimum absolute atomic E-state index is 0.0909. The maximum Gasteiger partial charge on any atom is 0.271 e. The fourth-order valence-electron chi connectivity index (χ4n) is 2.91. The Bertz CT molecular complexity index is 1210. The maximum absolute atomic E-state index is 13.0. The molecule has 1 N–H and O–H groups in total. The highest BCUT2D eigenvalue weighted by atomic mass is 32.2. The number of hydrazone groups is 1. The topological polar surface area (TPSA) is 88.1 Å². The third-order valence-corrected chi connectivity index (χ3v) is 6.33. The predicted octanol–water partition coefficient (Wildman–Crippen LogP) is 3.84. The molecule has 0 fully saturated rings. The lowest BCUT2D eigenvalue weighted by molar-refractivity contribution is 0.0955. The van der Waals surface area contributed by atoms with Crippen LogP contribution in [0.5, 0.6) is 5.75 Å². The van der Waals surface area contributed by atoms with Gasteiger partial charge in [0.2, 0.25) is 0 Å². The smallest absolute Gasteiger partial charge is 0.271 e. The van der Waals surface area contributed by atoms with Gasteiger partial charge in [0, 0.05) is 5.56 Å². The van der Waals surface area contributed by atoms with Crippen molar-refractivity contribution >= 4 is 27.8 Å². The highest BCUT2D eigenvalue weighted by Gasteiger charge is 2.23. The summed E-state index contributed by atoms with van der Waals surface area (Å²) in [5.74, 6) is 0.266. The number of nitrogens with zero attached hydrogens (tertiary/aromatic N) is 2. The summed E-state index contributed by atoms with van der Waals surface area (Å²) in [5, 5.41) is 3.96. The van der Waals surface area contributed by atoms with Crippen molar-refractivity contribution in [2.24, 2.45) is 5.10 Å². The largest absolute Gasteiger partial charge is 0.497 e. The molecule has 8 heteroatoms. The van der Waals surface area contributed by atoms with Crippen LogP contribution in [0.25, 0.3) is 0 Å². The van der Waals surface area contributed by atoms with Gasteiger partial charge in [-0.2, -0.15) is 5.10 Å². The molecule has 0 aliphatic heterocycles. The lowest BCUT2D eigenvalue weighted by Gasteiger charge is -2.23. The second kappa shape index (κ2) is 10.4. The molecule has 3 aromatic carbocycles. The molecule has 164 valence electrons. The van der Waals surface area contributed by atoms with Gasteiger partial charge in [0.25, 0.3) is 15.9 Å². The van der Waals surface area contributed by atoms with E-state index in [0.717, 1.165) is 5.56 Å². The Kier molecular flexibility index (Phi) is 7.41. The minimum Gasteiger partial charge on any atom is -0.497 e. The number of methoxy groups -OCH3 is 1. The maximum atomic E-state index is 13.0. The summed E-state index contributed by atoms with van der Waals surface area (Å²) in [4.78, 5) is 12.6. The Labute approximate surface area is 187 Å². The molecule has 0 aliphatic rings. The number of hydrogen-bond acceptors (Lipinski definition) is 5. The highest BCUT2D eigenvalue weighted by molar-refractivity contribution is 7.92. The summed E-state index contributed by atoms with van der Waals surface area (Å²) in [6, 6.07) is 21.6. The van der Waals surface area contributed by atoms with E-state index in [1.54, 1.807) is 55.6 Å². The van der Waals surface area contributed by atoms with E-state index >= 15 is 0 Å². The van der Waals surface area contributed by atoms with E-state index in [2.05, 4.69) is 17.1 Å². The van der Waals surface area contributed by atoms with Gasteiger partial charge in [-0.25, -0.2) is 13.8 Å². The van der Waals surface area contributed by atoms with Crippen LogP contribution in [-0.2, 0) is 10.0 Å². The molecule has 0 saturated carbocycles. The van der Waals surface area contributed by atoms with E-state index in [1.165, 1.54) is 28.7 Å². The Hall–Kier alpha value is -3.91. The fourth-order valence-corrected chi connectivity index (χ4v) is 4.37. The number of carbonyl (C=O) groups is 1. The van der Waals surface area contributed by atoms with Crippen LogP contribution in [0.1, 0.15) is 15.9 Å². The first-order valence-corrected chi connectivity index (χ1v) is 11.2. The van der Waals surface area contributed by atoms with Crippen molar-refractivity contribution < 1.29 is 17.9 Å². The summed E-state index contributed by atoms with van der Waals surface area (Å²) >= 11 is 0. The standard InChI is InChI=1S/C24H23N3O4S/c1-3-16-27(32(29,30)23-10-5-4-6-11-23)21-14-12-20(13-15-21)24(28)26-25-18-19-8-7-9-22(17-19)31-2/h3-15,17-18H,1,16H2,2H3,(H,26,28)/b25-18-.